The second-order valence-electron chi connectivity index (χ2n) is 6.97. The van der Waals surface area contributed by atoms with Gasteiger partial charge in [-0.25, -0.2) is 0 Å². The van der Waals surface area contributed by atoms with Crippen LogP contribution < -0.4 is 0 Å². The molecule has 2 heterocycles. The maximum atomic E-state index is 5.96. The molecule has 1 saturated carbocycles. The zero-order valence-electron chi connectivity index (χ0n) is 12.9. The molecule has 0 bridgehead atoms. The van der Waals surface area contributed by atoms with E-state index in [-0.39, 0.29) is 0 Å². The Kier molecular flexibility index (Phi) is 5.32. The van der Waals surface area contributed by atoms with Gasteiger partial charge in [-0.3, -0.25) is 0 Å². The van der Waals surface area contributed by atoms with Crippen molar-refractivity contribution in [3.05, 3.63) is 0 Å². The van der Waals surface area contributed by atoms with Gasteiger partial charge in [0.2, 0.25) is 0 Å². The second kappa shape index (κ2) is 7.21. The molecule has 0 N–H and O–H groups in total. The molecule has 1 aliphatic carbocycles. The average molecular weight is 282 g/mol. The number of hydrogen-bond donors (Lipinski definition) is 0. The summed E-state index contributed by atoms with van der Waals surface area (Å²) in [5.41, 5.74) is 0. The Morgan fingerprint density at radius 1 is 0.950 bits per heavy atom. The molecule has 3 aliphatic rings. The highest BCUT2D eigenvalue weighted by molar-refractivity contribution is 4.82. The van der Waals surface area contributed by atoms with E-state index in [1.54, 1.807) is 0 Å². The molecule has 0 radical (unpaired) electrons. The first-order valence-electron chi connectivity index (χ1n) is 8.40. The van der Waals surface area contributed by atoms with Crippen molar-refractivity contribution in [3.8, 4) is 0 Å². The van der Waals surface area contributed by atoms with Gasteiger partial charge in [-0.2, -0.15) is 0 Å². The van der Waals surface area contributed by atoms with Crippen molar-refractivity contribution in [2.45, 2.75) is 31.8 Å². The molecule has 3 rings (SSSR count). The van der Waals surface area contributed by atoms with Gasteiger partial charge >= 0.3 is 0 Å². The zero-order chi connectivity index (χ0) is 13.8. The highest BCUT2D eigenvalue weighted by Gasteiger charge is 2.29. The minimum Gasteiger partial charge on any atom is -0.381 e. The van der Waals surface area contributed by atoms with E-state index in [1.165, 1.54) is 38.8 Å². The fraction of sp³-hybridized carbons (Fsp3) is 1.00. The Labute approximate surface area is 123 Å². The van der Waals surface area contributed by atoms with Gasteiger partial charge < -0.3 is 19.3 Å². The van der Waals surface area contributed by atoms with Crippen LogP contribution in [0.4, 0.5) is 0 Å². The summed E-state index contributed by atoms with van der Waals surface area (Å²) in [6.45, 7) is 8.67. The summed E-state index contributed by atoms with van der Waals surface area (Å²) < 4.78 is 11.5. The van der Waals surface area contributed by atoms with E-state index in [4.69, 9.17) is 9.47 Å². The lowest BCUT2D eigenvalue weighted by Crippen LogP contribution is -2.47. The average Bonchev–Trinajstić information content (AvgIpc) is 3.24. The van der Waals surface area contributed by atoms with Crippen LogP contribution in [-0.2, 0) is 9.47 Å². The van der Waals surface area contributed by atoms with Crippen molar-refractivity contribution in [3.63, 3.8) is 0 Å². The lowest BCUT2D eigenvalue weighted by atomic mass is 9.99. The quantitative estimate of drug-likeness (QED) is 0.736. The number of hydrogen-bond acceptors (Lipinski definition) is 4. The summed E-state index contributed by atoms with van der Waals surface area (Å²) in [7, 11) is 2.21. The molecule has 0 spiro atoms. The molecule has 0 aromatic rings. The van der Waals surface area contributed by atoms with Crippen LogP contribution in [0.1, 0.15) is 25.7 Å². The van der Waals surface area contributed by atoms with E-state index in [9.17, 15) is 0 Å². The Hall–Kier alpha value is -0.160. The largest absolute Gasteiger partial charge is 0.381 e. The highest BCUT2D eigenvalue weighted by atomic mass is 16.5. The van der Waals surface area contributed by atoms with E-state index in [2.05, 4.69) is 16.8 Å². The fourth-order valence-corrected chi connectivity index (χ4v) is 3.45. The molecule has 0 aromatic heterocycles. The number of nitrogens with zero attached hydrogens (tertiary/aromatic N) is 2. The Morgan fingerprint density at radius 2 is 1.65 bits per heavy atom. The van der Waals surface area contributed by atoms with Crippen molar-refractivity contribution in [2.75, 3.05) is 59.6 Å². The van der Waals surface area contributed by atoms with Gasteiger partial charge in [-0.1, -0.05) is 0 Å². The molecule has 3 fully saturated rings. The first kappa shape index (κ1) is 14.8. The van der Waals surface area contributed by atoms with Gasteiger partial charge in [0, 0.05) is 45.9 Å². The van der Waals surface area contributed by atoms with Crippen LogP contribution in [0.5, 0.6) is 0 Å². The number of rotatable bonds is 6. The smallest absolute Gasteiger partial charge is 0.0829 e. The van der Waals surface area contributed by atoms with Crippen molar-refractivity contribution >= 4 is 0 Å². The van der Waals surface area contributed by atoms with Crippen LogP contribution in [-0.4, -0.2) is 75.5 Å². The summed E-state index contributed by atoms with van der Waals surface area (Å²) in [5, 5.41) is 0. The minimum absolute atomic E-state index is 0.410. The predicted molar refractivity (Wildman–Crippen MR) is 79.9 cm³/mol. The SMILES string of the molecule is CN1CCOC(CN(CC2CCOCC2)CC2CC2)C1. The Bertz CT molecular complexity index is 290. The maximum absolute atomic E-state index is 5.96. The van der Waals surface area contributed by atoms with E-state index < -0.39 is 0 Å². The molecule has 2 saturated heterocycles. The highest BCUT2D eigenvalue weighted by Crippen LogP contribution is 2.30. The van der Waals surface area contributed by atoms with E-state index in [1.807, 2.05) is 0 Å². The number of morpholine rings is 1. The Balaban J connectivity index is 1.48. The van der Waals surface area contributed by atoms with Gasteiger partial charge in [0.15, 0.2) is 0 Å². The van der Waals surface area contributed by atoms with Gasteiger partial charge in [-0.05, 0) is 44.6 Å². The lowest BCUT2D eigenvalue weighted by molar-refractivity contribution is -0.0405. The second-order valence-corrected chi connectivity index (χ2v) is 6.97. The molecular formula is C16H30N2O2. The molecule has 116 valence electrons. The first-order chi connectivity index (χ1) is 9.79. The van der Waals surface area contributed by atoms with Gasteiger partial charge in [0.1, 0.15) is 0 Å². The topological polar surface area (TPSA) is 24.9 Å². The molecule has 2 aliphatic heterocycles. The van der Waals surface area contributed by atoms with Gasteiger partial charge in [0.05, 0.1) is 12.7 Å². The standard InChI is InChI=1S/C16H30N2O2/c1-17-6-9-20-16(12-17)13-18(10-14-2-3-14)11-15-4-7-19-8-5-15/h14-16H,2-13H2,1H3. The number of ether oxygens (including phenoxy) is 2. The zero-order valence-corrected chi connectivity index (χ0v) is 12.9. The molecule has 0 aromatic carbocycles. The van der Waals surface area contributed by atoms with E-state index >= 15 is 0 Å². The normalized spacial score (nSPS) is 30.0. The molecule has 20 heavy (non-hydrogen) atoms. The first-order valence-corrected chi connectivity index (χ1v) is 8.40. The summed E-state index contributed by atoms with van der Waals surface area (Å²) in [5.74, 6) is 1.81. The van der Waals surface area contributed by atoms with Crippen LogP contribution in [0.25, 0.3) is 0 Å². The molecule has 4 heteroatoms. The molecule has 4 nitrogen and oxygen atoms in total. The van der Waals surface area contributed by atoms with Crippen molar-refractivity contribution in [2.24, 2.45) is 11.8 Å². The summed E-state index contributed by atoms with van der Waals surface area (Å²) >= 11 is 0. The third-order valence-electron chi connectivity index (χ3n) is 4.87. The fourth-order valence-electron chi connectivity index (χ4n) is 3.45. The van der Waals surface area contributed by atoms with Gasteiger partial charge in [-0.15, -0.1) is 0 Å². The van der Waals surface area contributed by atoms with E-state index in [0.29, 0.717) is 6.10 Å². The van der Waals surface area contributed by atoms with Gasteiger partial charge in [0.25, 0.3) is 0 Å². The van der Waals surface area contributed by atoms with Crippen molar-refractivity contribution < 1.29 is 9.47 Å². The predicted octanol–water partition coefficient (Wildman–Crippen LogP) is 1.46. The van der Waals surface area contributed by atoms with Crippen molar-refractivity contribution in [1.82, 2.24) is 9.80 Å². The summed E-state index contributed by atoms with van der Waals surface area (Å²) in [6.07, 6.45) is 5.78. The van der Waals surface area contributed by atoms with Crippen LogP contribution in [0, 0.1) is 11.8 Å². The lowest BCUT2D eigenvalue weighted by Gasteiger charge is -2.36. The van der Waals surface area contributed by atoms with Crippen LogP contribution in [0.3, 0.4) is 0 Å². The molecule has 1 unspecified atom stereocenters. The van der Waals surface area contributed by atoms with E-state index in [0.717, 1.165) is 51.3 Å². The molecule has 1 atom stereocenters. The third-order valence-corrected chi connectivity index (χ3v) is 4.87. The summed E-state index contributed by atoms with van der Waals surface area (Å²) in [4.78, 5) is 5.09. The number of likely N-dealkylation sites (N-methyl/N-ethyl adjacent to an activating group) is 1. The monoisotopic (exact) mass is 282 g/mol. The molecular weight excluding hydrogens is 252 g/mol. The molecule has 0 amide bonds. The van der Waals surface area contributed by atoms with Crippen LogP contribution in [0.2, 0.25) is 0 Å². The summed E-state index contributed by atoms with van der Waals surface area (Å²) in [6, 6.07) is 0. The van der Waals surface area contributed by atoms with Crippen LogP contribution in [0.15, 0.2) is 0 Å². The Morgan fingerprint density at radius 3 is 2.30 bits per heavy atom. The minimum atomic E-state index is 0.410. The van der Waals surface area contributed by atoms with Crippen molar-refractivity contribution in [1.29, 1.82) is 0 Å². The van der Waals surface area contributed by atoms with Crippen LogP contribution >= 0.6 is 0 Å². The maximum Gasteiger partial charge on any atom is 0.0829 e. The third kappa shape index (κ3) is 4.69.